The zero-order chi connectivity index (χ0) is 11.7. The molecule has 0 aliphatic heterocycles. The molecule has 0 atom stereocenters. The van der Waals surface area contributed by atoms with Gasteiger partial charge in [-0.2, -0.15) is 0 Å². The van der Waals surface area contributed by atoms with Crippen LogP contribution in [0.15, 0.2) is 47.1 Å². The van der Waals surface area contributed by atoms with Crippen LogP contribution < -0.4 is 0 Å². The zero-order valence-corrected chi connectivity index (χ0v) is 10.2. The van der Waals surface area contributed by atoms with Crippen LogP contribution >= 0.6 is 0 Å². The molecule has 0 amide bonds. The third kappa shape index (κ3) is 5.38. The topological polar surface area (TPSA) is 20.2 Å². The third-order valence-corrected chi connectivity index (χ3v) is 2.36. The molecule has 0 saturated heterocycles. The van der Waals surface area contributed by atoms with Crippen LogP contribution in [0.5, 0.6) is 0 Å². The number of rotatable bonds is 5. The minimum Gasteiger partial charge on any atom is -0.396 e. The highest BCUT2D eigenvalue weighted by atomic mass is 16.2. The van der Waals surface area contributed by atoms with Crippen molar-refractivity contribution in [2.24, 2.45) is 0 Å². The van der Waals surface area contributed by atoms with E-state index in [1.807, 2.05) is 32.1 Å². The first-order chi connectivity index (χ1) is 7.17. The lowest BCUT2D eigenvalue weighted by atomic mass is 9.99. The Bertz CT molecular complexity index is 290. The Morgan fingerprint density at radius 2 is 1.80 bits per heavy atom. The van der Waals surface area contributed by atoms with E-state index in [0.717, 1.165) is 6.42 Å². The summed E-state index contributed by atoms with van der Waals surface area (Å²) < 4.78 is 0. The van der Waals surface area contributed by atoms with Gasteiger partial charge < -0.3 is 5.11 Å². The SMILES string of the molecule is CC=CC=C(C)C(C)=C(C=CC)CCO. The maximum Gasteiger partial charge on any atom is 0.0471 e. The van der Waals surface area contributed by atoms with Crippen LogP contribution in [0.2, 0.25) is 0 Å². The fourth-order valence-electron chi connectivity index (χ4n) is 1.34. The predicted octanol–water partition coefficient (Wildman–Crippen LogP) is 3.78. The monoisotopic (exact) mass is 206 g/mol. The van der Waals surface area contributed by atoms with Crippen LogP contribution in [0.4, 0.5) is 0 Å². The van der Waals surface area contributed by atoms with Crippen molar-refractivity contribution >= 4 is 0 Å². The number of hydrogen-bond donors (Lipinski definition) is 1. The zero-order valence-electron chi connectivity index (χ0n) is 10.2. The third-order valence-electron chi connectivity index (χ3n) is 2.36. The standard InChI is InChI=1S/C14H22O/c1-5-7-9-12(3)13(4)14(8-6-2)10-11-15/h5-9,15H,10-11H2,1-4H3. The number of allylic oxidation sites excluding steroid dienone is 7. The highest BCUT2D eigenvalue weighted by Crippen LogP contribution is 2.17. The maximum absolute atomic E-state index is 8.97. The first-order valence-electron chi connectivity index (χ1n) is 5.40. The second-order valence-corrected chi connectivity index (χ2v) is 3.50. The Kier molecular flexibility index (Phi) is 7.65. The summed E-state index contributed by atoms with van der Waals surface area (Å²) in [7, 11) is 0. The van der Waals surface area contributed by atoms with Gasteiger partial charge in [0, 0.05) is 6.61 Å². The summed E-state index contributed by atoms with van der Waals surface area (Å²) in [4.78, 5) is 0. The molecule has 0 aromatic carbocycles. The lowest BCUT2D eigenvalue weighted by Crippen LogP contribution is -1.92. The number of aliphatic hydroxyl groups excluding tert-OH is 1. The summed E-state index contributed by atoms with van der Waals surface area (Å²) in [6.45, 7) is 8.39. The molecular weight excluding hydrogens is 184 g/mol. The molecule has 0 fully saturated rings. The number of aliphatic hydroxyl groups is 1. The van der Waals surface area contributed by atoms with Gasteiger partial charge in [0.15, 0.2) is 0 Å². The van der Waals surface area contributed by atoms with Crippen molar-refractivity contribution in [2.75, 3.05) is 6.61 Å². The summed E-state index contributed by atoms with van der Waals surface area (Å²) in [5.74, 6) is 0. The first kappa shape index (κ1) is 13.9. The van der Waals surface area contributed by atoms with E-state index in [2.05, 4.69) is 26.0 Å². The molecule has 0 rings (SSSR count). The number of hydrogen-bond acceptors (Lipinski definition) is 1. The summed E-state index contributed by atoms with van der Waals surface area (Å²) in [6.07, 6.45) is 10.9. The van der Waals surface area contributed by atoms with E-state index in [1.54, 1.807) is 0 Å². The lowest BCUT2D eigenvalue weighted by Gasteiger charge is -2.07. The molecule has 1 nitrogen and oxygen atoms in total. The highest BCUT2D eigenvalue weighted by molar-refractivity contribution is 5.39. The Morgan fingerprint density at radius 1 is 1.13 bits per heavy atom. The molecule has 84 valence electrons. The molecule has 0 spiro atoms. The summed E-state index contributed by atoms with van der Waals surface area (Å²) >= 11 is 0. The van der Waals surface area contributed by atoms with Gasteiger partial charge in [-0.1, -0.05) is 30.4 Å². The molecular formula is C14H22O. The van der Waals surface area contributed by atoms with Gasteiger partial charge in [0.05, 0.1) is 0 Å². The van der Waals surface area contributed by atoms with Gasteiger partial charge in [-0.3, -0.25) is 0 Å². The molecule has 0 bridgehead atoms. The van der Waals surface area contributed by atoms with Crippen molar-refractivity contribution in [1.82, 2.24) is 0 Å². The first-order valence-corrected chi connectivity index (χ1v) is 5.40. The van der Waals surface area contributed by atoms with Gasteiger partial charge in [-0.15, -0.1) is 0 Å². The Balaban J connectivity index is 4.98. The van der Waals surface area contributed by atoms with Crippen LogP contribution in [-0.2, 0) is 0 Å². The summed E-state index contributed by atoms with van der Waals surface area (Å²) in [5.41, 5.74) is 3.70. The van der Waals surface area contributed by atoms with E-state index in [9.17, 15) is 0 Å². The maximum atomic E-state index is 8.97. The molecule has 0 aliphatic rings. The van der Waals surface area contributed by atoms with Gasteiger partial charge in [0.2, 0.25) is 0 Å². The molecule has 0 saturated carbocycles. The van der Waals surface area contributed by atoms with Crippen molar-refractivity contribution < 1.29 is 5.11 Å². The van der Waals surface area contributed by atoms with Crippen LogP contribution in [0.25, 0.3) is 0 Å². The molecule has 15 heavy (non-hydrogen) atoms. The largest absolute Gasteiger partial charge is 0.396 e. The van der Waals surface area contributed by atoms with E-state index < -0.39 is 0 Å². The molecule has 1 heteroatoms. The fourth-order valence-corrected chi connectivity index (χ4v) is 1.34. The summed E-state index contributed by atoms with van der Waals surface area (Å²) in [5, 5.41) is 8.97. The molecule has 1 N–H and O–H groups in total. The highest BCUT2D eigenvalue weighted by Gasteiger charge is 2.00. The van der Waals surface area contributed by atoms with Crippen molar-refractivity contribution in [3.63, 3.8) is 0 Å². The van der Waals surface area contributed by atoms with Crippen LogP contribution in [0.3, 0.4) is 0 Å². The predicted molar refractivity (Wildman–Crippen MR) is 67.8 cm³/mol. The molecule has 0 aliphatic carbocycles. The molecule has 0 unspecified atom stereocenters. The molecule has 0 heterocycles. The second-order valence-electron chi connectivity index (χ2n) is 3.50. The Morgan fingerprint density at radius 3 is 2.27 bits per heavy atom. The van der Waals surface area contributed by atoms with Gasteiger partial charge in [-0.25, -0.2) is 0 Å². The van der Waals surface area contributed by atoms with Gasteiger partial charge in [-0.05, 0) is 50.8 Å². The van der Waals surface area contributed by atoms with E-state index in [-0.39, 0.29) is 6.61 Å². The summed E-state index contributed by atoms with van der Waals surface area (Å²) in [6, 6.07) is 0. The normalized spacial score (nSPS) is 15.1. The van der Waals surface area contributed by atoms with E-state index in [1.165, 1.54) is 16.7 Å². The van der Waals surface area contributed by atoms with Crippen molar-refractivity contribution in [2.45, 2.75) is 34.1 Å². The van der Waals surface area contributed by atoms with Crippen molar-refractivity contribution in [3.05, 3.63) is 47.1 Å². The van der Waals surface area contributed by atoms with Crippen LogP contribution in [-0.4, -0.2) is 11.7 Å². The smallest absolute Gasteiger partial charge is 0.0471 e. The average molecular weight is 206 g/mol. The minimum atomic E-state index is 0.202. The molecule has 0 radical (unpaired) electrons. The van der Waals surface area contributed by atoms with E-state index in [4.69, 9.17) is 5.11 Å². The quantitative estimate of drug-likeness (QED) is 0.679. The van der Waals surface area contributed by atoms with E-state index in [0.29, 0.717) is 0 Å². The van der Waals surface area contributed by atoms with Gasteiger partial charge in [0.1, 0.15) is 0 Å². The van der Waals surface area contributed by atoms with E-state index >= 15 is 0 Å². The van der Waals surface area contributed by atoms with Gasteiger partial charge >= 0.3 is 0 Å². The van der Waals surface area contributed by atoms with Crippen LogP contribution in [0, 0.1) is 0 Å². The Hall–Kier alpha value is -1.08. The van der Waals surface area contributed by atoms with Gasteiger partial charge in [0.25, 0.3) is 0 Å². The van der Waals surface area contributed by atoms with Crippen LogP contribution in [0.1, 0.15) is 34.1 Å². The fraction of sp³-hybridized carbons (Fsp3) is 0.429. The van der Waals surface area contributed by atoms with Crippen molar-refractivity contribution in [3.8, 4) is 0 Å². The molecule has 0 aromatic rings. The second kappa shape index (κ2) is 8.25. The minimum absolute atomic E-state index is 0.202. The average Bonchev–Trinajstić information content (AvgIpc) is 2.24. The lowest BCUT2D eigenvalue weighted by molar-refractivity contribution is 0.300. The molecule has 0 aromatic heterocycles. The van der Waals surface area contributed by atoms with Crippen molar-refractivity contribution in [1.29, 1.82) is 0 Å². The Labute approximate surface area is 93.5 Å².